The zero-order chi connectivity index (χ0) is 21.4. The van der Waals surface area contributed by atoms with Crippen LogP contribution in [0.3, 0.4) is 0 Å². The van der Waals surface area contributed by atoms with Gasteiger partial charge in [-0.15, -0.1) is 10.2 Å². The van der Waals surface area contributed by atoms with Gasteiger partial charge in [-0.05, 0) is 50.3 Å². The molecule has 0 amide bonds. The summed E-state index contributed by atoms with van der Waals surface area (Å²) >= 11 is 0. The number of imidazole rings is 1. The molecule has 7 nitrogen and oxygen atoms in total. The summed E-state index contributed by atoms with van der Waals surface area (Å²) in [5.41, 5.74) is 2.94. The SMILES string of the molecule is Cc1cccc(Cc2nc3cc(OC4CCC(F)(c5nn[nH]n5)CC4)ccc3n2C)c1.[HH]. The van der Waals surface area contributed by atoms with Crippen LogP contribution in [0.4, 0.5) is 4.39 Å². The fraction of sp³-hybridized carbons (Fsp3) is 0.391. The molecule has 0 bridgehead atoms. The summed E-state index contributed by atoms with van der Waals surface area (Å²) in [5.74, 6) is 1.92. The van der Waals surface area contributed by atoms with E-state index in [1.54, 1.807) is 0 Å². The Bertz CT molecular complexity index is 1200. The van der Waals surface area contributed by atoms with E-state index in [9.17, 15) is 0 Å². The van der Waals surface area contributed by atoms with Gasteiger partial charge < -0.3 is 9.30 Å². The maximum Gasteiger partial charge on any atom is 0.211 e. The largest absolute Gasteiger partial charge is 0.490 e. The van der Waals surface area contributed by atoms with Crippen LogP contribution < -0.4 is 4.74 Å². The van der Waals surface area contributed by atoms with Gasteiger partial charge in [0.25, 0.3) is 0 Å². The fourth-order valence-electron chi connectivity index (χ4n) is 4.40. The normalized spacial score (nSPS) is 21.5. The highest BCUT2D eigenvalue weighted by Crippen LogP contribution is 2.40. The Morgan fingerprint density at radius 2 is 2.06 bits per heavy atom. The van der Waals surface area contributed by atoms with Crippen LogP contribution >= 0.6 is 0 Å². The number of nitrogens with zero attached hydrogens (tertiary/aromatic N) is 5. The van der Waals surface area contributed by atoms with Gasteiger partial charge in [-0.25, -0.2) is 9.37 Å². The lowest BCUT2D eigenvalue weighted by molar-refractivity contribution is 0.0365. The molecule has 1 aliphatic rings. The standard InChI is InChI=1S/C23H25FN6O.H2/c1-15-4-3-5-16(12-15)13-21-25-19-14-18(6-7-20(19)30(21)2)31-17-8-10-23(24,11-9-17)22-26-28-29-27-22;/h3-7,12,14,17H,8-11,13H2,1-2H3,(H,26,27,28,29);1H. The molecular weight excluding hydrogens is 395 g/mol. The minimum absolute atomic E-state index is 0. The number of tetrazole rings is 1. The topological polar surface area (TPSA) is 81.5 Å². The smallest absolute Gasteiger partial charge is 0.211 e. The highest BCUT2D eigenvalue weighted by Gasteiger charge is 2.41. The van der Waals surface area contributed by atoms with Crippen LogP contribution in [-0.4, -0.2) is 36.3 Å². The van der Waals surface area contributed by atoms with Crippen molar-refractivity contribution in [1.29, 1.82) is 0 Å². The van der Waals surface area contributed by atoms with Crippen LogP contribution in [0.5, 0.6) is 5.75 Å². The van der Waals surface area contributed by atoms with Gasteiger partial charge in [0.05, 0.1) is 17.1 Å². The molecule has 0 atom stereocenters. The molecule has 8 heteroatoms. The number of aromatic nitrogens is 6. The number of aryl methyl sites for hydroxylation is 2. The number of fused-ring (bicyclic) bond motifs is 1. The monoisotopic (exact) mass is 422 g/mol. The lowest BCUT2D eigenvalue weighted by atomic mass is 9.84. The van der Waals surface area contributed by atoms with Gasteiger partial charge in [0.2, 0.25) is 5.82 Å². The molecular formula is C23H27FN6O. The maximum absolute atomic E-state index is 15.1. The van der Waals surface area contributed by atoms with Crippen LogP contribution in [0.1, 0.15) is 49.9 Å². The number of nitrogens with one attached hydrogen (secondary N) is 1. The Labute approximate surface area is 181 Å². The van der Waals surface area contributed by atoms with Gasteiger partial charge in [-0.2, -0.15) is 5.21 Å². The number of alkyl halides is 1. The van der Waals surface area contributed by atoms with E-state index in [-0.39, 0.29) is 13.4 Å². The van der Waals surface area contributed by atoms with E-state index in [0.29, 0.717) is 25.7 Å². The van der Waals surface area contributed by atoms with Gasteiger partial charge in [0, 0.05) is 21.0 Å². The van der Waals surface area contributed by atoms with Gasteiger partial charge in [0.1, 0.15) is 11.6 Å². The number of aromatic amines is 1. The average molecular weight is 423 g/mol. The molecule has 0 spiro atoms. The number of hydrogen-bond donors (Lipinski definition) is 1. The Morgan fingerprint density at radius 3 is 2.81 bits per heavy atom. The first kappa shape index (κ1) is 19.7. The summed E-state index contributed by atoms with van der Waals surface area (Å²) in [7, 11) is 2.04. The first-order valence-electron chi connectivity index (χ1n) is 10.6. The lowest BCUT2D eigenvalue weighted by Gasteiger charge is -2.31. The molecule has 0 unspecified atom stereocenters. The zero-order valence-corrected chi connectivity index (χ0v) is 17.7. The van der Waals surface area contributed by atoms with E-state index < -0.39 is 5.67 Å². The first-order chi connectivity index (χ1) is 15.0. The van der Waals surface area contributed by atoms with Crippen LogP contribution in [0.25, 0.3) is 11.0 Å². The Balaban J connectivity index is 0.00000245. The quantitative estimate of drug-likeness (QED) is 0.515. The predicted molar refractivity (Wildman–Crippen MR) is 117 cm³/mol. The van der Waals surface area contributed by atoms with Crippen molar-refractivity contribution < 1.29 is 10.6 Å². The van der Waals surface area contributed by atoms with Crippen LogP contribution in [0.2, 0.25) is 0 Å². The highest BCUT2D eigenvalue weighted by molar-refractivity contribution is 5.77. The third kappa shape index (κ3) is 3.89. The van der Waals surface area contributed by atoms with Crippen LogP contribution in [0.15, 0.2) is 42.5 Å². The summed E-state index contributed by atoms with van der Waals surface area (Å²) in [6, 6.07) is 14.5. The minimum Gasteiger partial charge on any atom is -0.490 e. The first-order valence-corrected chi connectivity index (χ1v) is 10.6. The number of ether oxygens (including phenoxy) is 1. The van der Waals surface area contributed by atoms with Crippen molar-refractivity contribution >= 4 is 11.0 Å². The molecule has 5 rings (SSSR count). The molecule has 0 aliphatic heterocycles. The van der Waals surface area contributed by atoms with E-state index >= 15 is 4.39 Å². The van der Waals surface area contributed by atoms with Crippen LogP contribution in [-0.2, 0) is 19.1 Å². The van der Waals surface area contributed by atoms with Crippen molar-refractivity contribution in [2.75, 3.05) is 0 Å². The average Bonchev–Trinajstić information content (AvgIpc) is 3.40. The van der Waals surface area contributed by atoms with Crippen molar-refractivity contribution in [3.8, 4) is 5.75 Å². The summed E-state index contributed by atoms with van der Waals surface area (Å²) < 4.78 is 23.4. The van der Waals surface area contributed by atoms with Gasteiger partial charge >= 0.3 is 0 Å². The van der Waals surface area contributed by atoms with Crippen molar-refractivity contribution in [1.82, 2.24) is 30.2 Å². The predicted octanol–water partition coefficient (Wildman–Crippen LogP) is 4.42. The molecule has 1 fully saturated rings. The Hall–Kier alpha value is -3.29. The molecule has 31 heavy (non-hydrogen) atoms. The van der Waals surface area contributed by atoms with E-state index in [4.69, 9.17) is 9.72 Å². The number of hydrogen-bond acceptors (Lipinski definition) is 5. The molecule has 0 saturated heterocycles. The second-order valence-electron chi connectivity index (χ2n) is 8.42. The molecule has 2 aromatic heterocycles. The van der Waals surface area contributed by atoms with Gasteiger partial charge in [-0.3, -0.25) is 0 Å². The van der Waals surface area contributed by atoms with Crippen molar-refractivity contribution in [3.63, 3.8) is 0 Å². The fourth-order valence-corrected chi connectivity index (χ4v) is 4.40. The highest BCUT2D eigenvalue weighted by atomic mass is 19.1. The molecule has 4 aromatic rings. The second-order valence-corrected chi connectivity index (χ2v) is 8.42. The number of rotatable bonds is 5. The van der Waals surface area contributed by atoms with E-state index in [2.05, 4.69) is 56.4 Å². The lowest BCUT2D eigenvalue weighted by Crippen LogP contribution is -2.33. The summed E-state index contributed by atoms with van der Waals surface area (Å²) in [4.78, 5) is 4.84. The zero-order valence-electron chi connectivity index (χ0n) is 17.7. The summed E-state index contributed by atoms with van der Waals surface area (Å²) in [6.45, 7) is 2.10. The number of halogens is 1. The molecule has 0 radical (unpaired) electrons. The maximum atomic E-state index is 15.1. The van der Waals surface area contributed by atoms with Crippen molar-refractivity contribution in [2.24, 2.45) is 7.05 Å². The molecule has 2 heterocycles. The van der Waals surface area contributed by atoms with Crippen molar-refractivity contribution in [2.45, 2.75) is 50.8 Å². The molecule has 162 valence electrons. The summed E-state index contributed by atoms with van der Waals surface area (Å²) in [6.07, 6.45) is 2.59. The van der Waals surface area contributed by atoms with Gasteiger partial charge in [-0.1, -0.05) is 35.0 Å². The third-order valence-electron chi connectivity index (χ3n) is 6.16. The third-order valence-corrected chi connectivity index (χ3v) is 6.16. The van der Waals surface area contributed by atoms with Crippen molar-refractivity contribution in [3.05, 3.63) is 65.2 Å². The van der Waals surface area contributed by atoms with Gasteiger partial charge in [0.15, 0.2) is 5.67 Å². The van der Waals surface area contributed by atoms with Crippen LogP contribution in [0, 0.1) is 6.92 Å². The number of benzene rings is 2. The second kappa shape index (κ2) is 7.76. The molecule has 1 N–H and O–H groups in total. The molecule has 1 saturated carbocycles. The summed E-state index contributed by atoms with van der Waals surface area (Å²) in [5, 5.41) is 13.5. The molecule has 2 aromatic carbocycles. The Morgan fingerprint density at radius 1 is 1.23 bits per heavy atom. The molecule has 1 aliphatic carbocycles. The van der Waals surface area contributed by atoms with E-state index in [0.717, 1.165) is 29.0 Å². The van der Waals surface area contributed by atoms with E-state index in [1.807, 2.05) is 25.2 Å². The van der Waals surface area contributed by atoms with E-state index in [1.165, 1.54) is 11.1 Å². The minimum atomic E-state index is -1.53. The number of H-pyrrole nitrogens is 1. The Kier molecular flexibility index (Phi) is 4.92.